The van der Waals surface area contributed by atoms with Gasteiger partial charge in [-0.15, -0.1) is 0 Å². The third-order valence-corrected chi connectivity index (χ3v) is 5.85. The number of carboxylic acid groups (broad SMARTS) is 2. The highest BCUT2D eigenvalue weighted by Gasteiger charge is 2.29. The maximum Gasteiger partial charge on any atom is 0.430 e. The normalized spacial score (nSPS) is 11.3. The molecule has 0 spiro atoms. The fourth-order valence-corrected chi connectivity index (χ4v) is 3.61. The van der Waals surface area contributed by atoms with Crippen molar-refractivity contribution in [2.75, 3.05) is 5.32 Å². The minimum atomic E-state index is -5.19. The number of ether oxygens (including phenoxy) is 1. The number of carbonyl (C=O) groups is 4. The Morgan fingerprint density at radius 3 is 2.04 bits per heavy atom. The average Bonchev–Trinajstić information content (AvgIpc) is 3.01. The Hall–Kier alpha value is -5.83. The smallest absolute Gasteiger partial charge is 0.430 e. The Labute approximate surface area is 253 Å². The zero-order valence-corrected chi connectivity index (χ0v) is 23.3. The van der Waals surface area contributed by atoms with Gasteiger partial charge in [0.2, 0.25) is 5.91 Å². The number of aromatic nitrogens is 2. The molecule has 45 heavy (non-hydrogen) atoms. The third-order valence-electron chi connectivity index (χ3n) is 5.85. The van der Waals surface area contributed by atoms with Crippen LogP contribution in [0.2, 0.25) is 0 Å². The molecule has 234 valence electrons. The number of carboxylic acids is 2. The molecule has 12 nitrogen and oxygen atoms in total. The number of rotatable bonds is 10. The van der Waals surface area contributed by atoms with Gasteiger partial charge in [-0.1, -0.05) is 24.3 Å². The van der Waals surface area contributed by atoms with Crippen LogP contribution in [0.25, 0.3) is 0 Å². The van der Waals surface area contributed by atoms with Gasteiger partial charge in [0.25, 0.3) is 5.91 Å². The number of nitrogens with zero attached hydrogens (tertiary/aromatic N) is 2. The monoisotopic (exact) mass is 625 g/mol. The zero-order chi connectivity index (χ0) is 33.0. The first-order chi connectivity index (χ1) is 21.3. The van der Waals surface area contributed by atoms with Crippen molar-refractivity contribution in [3.8, 4) is 11.8 Å². The molecule has 1 unspecified atom stereocenters. The summed E-state index contributed by atoms with van der Waals surface area (Å²) in [6.45, 7) is 0.597. The summed E-state index contributed by atoms with van der Waals surface area (Å²) in [4.78, 5) is 54.3. The number of hydrogen-bond acceptors (Lipinski definition) is 8. The van der Waals surface area contributed by atoms with Crippen LogP contribution in [0.5, 0.6) is 11.8 Å². The molecule has 0 aliphatic carbocycles. The summed E-state index contributed by atoms with van der Waals surface area (Å²) in [5, 5.41) is 23.5. The molecule has 0 radical (unpaired) electrons. The molecule has 4 aromatic rings. The van der Waals surface area contributed by atoms with E-state index in [2.05, 4.69) is 26.3 Å². The van der Waals surface area contributed by atoms with Crippen LogP contribution >= 0.6 is 0 Å². The van der Waals surface area contributed by atoms with E-state index in [-0.39, 0.29) is 18.0 Å². The first kappa shape index (κ1) is 33.7. The van der Waals surface area contributed by atoms with Crippen LogP contribution in [-0.4, -0.2) is 51.0 Å². The summed E-state index contributed by atoms with van der Waals surface area (Å²) in [5.41, 5.74) is 6.45. The van der Waals surface area contributed by atoms with Gasteiger partial charge in [0.15, 0.2) is 0 Å². The highest BCUT2D eigenvalue weighted by Crippen LogP contribution is 2.20. The first-order valence-electron chi connectivity index (χ1n) is 13.0. The number of hydrogen-bond donors (Lipinski definition) is 4. The van der Waals surface area contributed by atoms with Crippen LogP contribution < -0.4 is 26.2 Å². The zero-order valence-electron chi connectivity index (χ0n) is 23.3. The van der Waals surface area contributed by atoms with Gasteiger partial charge >= 0.3 is 18.2 Å². The molecule has 0 saturated heterocycles. The molecule has 1 atom stereocenters. The summed E-state index contributed by atoms with van der Waals surface area (Å²) >= 11 is 0. The fourth-order valence-electron chi connectivity index (χ4n) is 3.61. The highest BCUT2D eigenvalue weighted by molar-refractivity contribution is 6.01. The van der Waals surface area contributed by atoms with Crippen LogP contribution in [0.4, 0.5) is 18.9 Å². The second-order valence-corrected chi connectivity index (χ2v) is 9.11. The summed E-state index contributed by atoms with van der Waals surface area (Å²) < 4.78 is 37.2. The van der Waals surface area contributed by atoms with Crippen molar-refractivity contribution >= 4 is 29.4 Å². The second-order valence-electron chi connectivity index (χ2n) is 9.11. The minimum Gasteiger partial charge on any atom is -0.542 e. The van der Waals surface area contributed by atoms with E-state index in [0.29, 0.717) is 23.5 Å². The second kappa shape index (κ2) is 15.6. The fraction of sp³-hybridized carbons (Fsp3) is 0.133. The molecular weight excluding hydrogens is 599 g/mol. The lowest BCUT2D eigenvalue weighted by Gasteiger charge is -2.19. The molecular formula is C30H26F3N5O7. The summed E-state index contributed by atoms with van der Waals surface area (Å²) in [5.74, 6) is -4.47. The summed E-state index contributed by atoms with van der Waals surface area (Å²) in [6.07, 6.45) is -1.90. The molecule has 0 aliphatic rings. The molecule has 1 aromatic heterocycles. The number of amides is 2. The van der Waals surface area contributed by atoms with E-state index in [9.17, 15) is 27.6 Å². The SMILES string of the molecule is O=C([O-])C(F)(F)F.[NH3+]Cc1ccc(C(=O)NC(Cc2cccc(Oc3ncccn3)c2)C(=O)Nc2ccc(C(=O)O)cc2)cc1. The van der Waals surface area contributed by atoms with Crippen molar-refractivity contribution in [2.24, 2.45) is 0 Å². The lowest BCUT2D eigenvalue weighted by Crippen LogP contribution is -2.47. The maximum atomic E-state index is 13.3. The molecule has 0 bridgehead atoms. The van der Waals surface area contributed by atoms with E-state index in [0.717, 1.165) is 11.1 Å². The van der Waals surface area contributed by atoms with Gasteiger partial charge in [-0.05, 0) is 60.2 Å². The van der Waals surface area contributed by atoms with Crippen molar-refractivity contribution in [3.05, 3.63) is 114 Å². The molecule has 3 aromatic carbocycles. The van der Waals surface area contributed by atoms with Crippen LogP contribution in [0.1, 0.15) is 31.8 Å². The Morgan fingerprint density at radius 1 is 0.889 bits per heavy atom. The predicted molar refractivity (Wildman–Crippen MR) is 150 cm³/mol. The molecule has 0 fully saturated rings. The van der Waals surface area contributed by atoms with E-state index in [4.69, 9.17) is 19.7 Å². The number of aliphatic carboxylic acids is 1. The number of benzene rings is 3. The Bertz CT molecular complexity index is 1620. The van der Waals surface area contributed by atoms with Crippen LogP contribution in [0, 0.1) is 0 Å². The largest absolute Gasteiger partial charge is 0.542 e. The van der Waals surface area contributed by atoms with E-state index in [1.54, 1.807) is 48.8 Å². The number of alkyl halides is 3. The topological polar surface area (TPSA) is 198 Å². The quantitative estimate of drug-likeness (QED) is 0.204. The average molecular weight is 626 g/mol. The Kier molecular flexibility index (Phi) is 11.7. The van der Waals surface area contributed by atoms with Gasteiger partial charge in [-0.3, -0.25) is 9.59 Å². The number of quaternary nitrogens is 1. The van der Waals surface area contributed by atoms with Crippen molar-refractivity contribution in [3.63, 3.8) is 0 Å². The van der Waals surface area contributed by atoms with Crippen LogP contribution in [0.15, 0.2) is 91.3 Å². The summed E-state index contributed by atoms with van der Waals surface area (Å²) in [7, 11) is 0. The Balaban J connectivity index is 0.000000707. The van der Waals surface area contributed by atoms with E-state index in [1.165, 1.54) is 24.3 Å². The summed E-state index contributed by atoms with van der Waals surface area (Å²) in [6, 6.07) is 20.7. The number of halogens is 3. The maximum absolute atomic E-state index is 13.3. The van der Waals surface area contributed by atoms with Crippen molar-refractivity contribution < 1.29 is 53.0 Å². The van der Waals surface area contributed by atoms with Gasteiger partial charge < -0.3 is 36.1 Å². The van der Waals surface area contributed by atoms with Gasteiger partial charge in [-0.2, -0.15) is 13.2 Å². The van der Waals surface area contributed by atoms with Gasteiger partial charge in [0.05, 0.1) is 12.1 Å². The number of anilines is 1. The molecule has 15 heteroatoms. The highest BCUT2D eigenvalue weighted by atomic mass is 19.4. The molecule has 0 saturated carbocycles. The van der Waals surface area contributed by atoms with Crippen LogP contribution in [0.3, 0.4) is 0 Å². The third kappa shape index (κ3) is 10.7. The van der Waals surface area contributed by atoms with Crippen molar-refractivity contribution in [2.45, 2.75) is 25.2 Å². The van der Waals surface area contributed by atoms with Gasteiger partial charge in [-0.25, -0.2) is 14.8 Å². The van der Waals surface area contributed by atoms with Crippen LogP contribution in [-0.2, 0) is 22.6 Å². The minimum absolute atomic E-state index is 0.0952. The number of nitrogens with one attached hydrogen (secondary N) is 2. The molecule has 6 N–H and O–H groups in total. The Morgan fingerprint density at radius 2 is 1.49 bits per heavy atom. The lowest BCUT2D eigenvalue weighted by atomic mass is 10.0. The first-order valence-corrected chi connectivity index (χ1v) is 13.0. The predicted octanol–water partition coefficient (Wildman–Crippen LogP) is 1.99. The van der Waals surface area contributed by atoms with Crippen molar-refractivity contribution in [1.82, 2.24) is 15.3 Å². The molecule has 1 heterocycles. The number of aromatic carboxylic acids is 1. The van der Waals surface area contributed by atoms with Gasteiger partial charge in [0.1, 0.15) is 17.8 Å². The van der Waals surface area contributed by atoms with Gasteiger partial charge in [0, 0.05) is 35.6 Å². The molecule has 4 rings (SSSR count). The lowest BCUT2D eigenvalue weighted by molar-refractivity contribution is -0.386. The standard InChI is InChI=1S/C28H25N5O5.C2HF3O2/c29-17-18-5-7-20(8-6-18)25(34)33-24(26(35)32-22-11-9-21(10-12-22)27(36)37)16-19-3-1-4-23(15-19)38-28-30-13-2-14-31-28;3-2(4,5)1(6)7/h1-15,24H,16-17,29H2,(H,32,35)(H,33,34)(H,36,37);(H,6,7). The molecule has 0 aliphatic heterocycles. The van der Waals surface area contributed by atoms with E-state index >= 15 is 0 Å². The number of carbonyl (C=O) groups excluding carboxylic acids is 3. The van der Waals surface area contributed by atoms with E-state index < -0.39 is 36.0 Å². The van der Waals surface area contributed by atoms with E-state index in [1.807, 2.05) is 18.2 Å². The molecule has 2 amide bonds. The van der Waals surface area contributed by atoms with Crippen molar-refractivity contribution in [1.29, 1.82) is 0 Å².